The first-order valence-electron chi connectivity index (χ1n) is 9.74. The lowest BCUT2D eigenvalue weighted by atomic mass is 10.0. The number of carbonyl (C=O) groups excluding carboxylic acids is 1. The van der Waals surface area contributed by atoms with Crippen molar-refractivity contribution in [3.05, 3.63) is 108 Å². The van der Waals surface area contributed by atoms with Crippen molar-refractivity contribution in [1.82, 2.24) is 4.57 Å². The minimum atomic E-state index is -0.351. The number of rotatable bonds is 6. The van der Waals surface area contributed by atoms with E-state index >= 15 is 0 Å². The average molecular weight is 381 g/mol. The number of esters is 1. The Morgan fingerprint density at radius 2 is 1.66 bits per heavy atom. The predicted octanol–water partition coefficient (Wildman–Crippen LogP) is 5.60. The van der Waals surface area contributed by atoms with E-state index in [2.05, 4.69) is 71.4 Å². The Balaban J connectivity index is 1.74. The van der Waals surface area contributed by atoms with Gasteiger partial charge in [0.2, 0.25) is 0 Å². The SMILES string of the molecule is COC(=O)/C=C/c1ccc2c(c1)c(CCc1ccccc1)cn2-c1ccccc1. The molecular formula is C26H23NO2. The van der Waals surface area contributed by atoms with Crippen LogP contribution in [0.3, 0.4) is 0 Å². The van der Waals surface area contributed by atoms with Gasteiger partial charge in [0, 0.05) is 23.3 Å². The predicted molar refractivity (Wildman–Crippen MR) is 118 cm³/mol. The second kappa shape index (κ2) is 8.61. The van der Waals surface area contributed by atoms with Crippen molar-refractivity contribution >= 4 is 22.9 Å². The summed E-state index contributed by atoms with van der Waals surface area (Å²) >= 11 is 0. The van der Waals surface area contributed by atoms with E-state index in [1.165, 1.54) is 29.7 Å². The van der Waals surface area contributed by atoms with E-state index in [0.29, 0.717) is 0 Å². The number of hydrogen-bond acceptors (Lipinski definition) is 2. The third-order valence-electron chi connectivity index (χ3n) is 5.08. The van der Waals surface area contributed by atoms with Crippen LogP contribution in [0.4, 0.5) is 0 Å². The van der Waals surface area contributed by atoms with Gasteiger partial charge in [-0.25, -0.2) is 4.79 Å². The van der Waals surface area contributed by atoms with Crippen LogP contribution in [0.2, 0.25) is 0 Å². The van der Waals surface area contributed by atoms with Crippen molar-refractivity contribution in [2.45, 2.75) is 12.8 Å². The van der Waals surface area contributed by atoms with Crippen LogP contribution in [0, 0.1) is 0 Å². The van der Waals surface area contributed by atoms with Gasteiger partial charge >= 0.3 is 5.97 Å². The molecule has 0 aliphatic carbocycles. The molecule has 0 atom stereocenters. The summed E-state index contributed by atoms with van der Waals surface area (Å²) < 4.78 is 6.94. The maximum atomic E-state index is 11.5. The highest BCUT2D eigenvalue weighted by molar-refractivity contribution is 5.91. The minimum absolute atomic E-state index is 0.351. The summed E-state index contributed by atoms with van der Waals surface area (Å²) in [5.41, 5.74) is 5.90. The van der Waals surface area contributed by atoms with Gasteiger partial charge in [-0.15, -0.1) is 0 Å². The molecule has 144 valence electrons. The normalized spacial score (nSPS) is 11.2. The number of aromatic nitrogens is 1. The molecule has 0 unspecified atom stereocenters. The number of methoxy groups -OCH3 is 1. The van der Waals surface area contributed by atoms with Gasteiger partial charge < -0.3 is 9.30 Å². The number of fused-ring (bicyclic) bond motifs is 1. The van der Waals surface area contributed by atoms with Crippen LogP contribution in [0.25, 0.3) is 22.7 Å². The van der Waals surface area contributed by atoms with E-state index in [1.54, 1.807) is 6.08 Å². The maximum Gasteiger partial charge on any atom is 0.330 e. The molecule has 3 heteroatoms. The van der Waals surface area contributed by atoms with Crippen LogP contribution in [-0.4, -0.2) is 17.6 Å². The number of ether oxygens (including phenoxy) is 1. The molecule has 0 saturated carbocycles. The zero-order valence-corrected chi connectivity index (χ0v) is 16.4. The Labute approximate surface area is 170 Å². The Kier molecular flexibility index (Phi) is 5.57. The van der Waals surface area contributed by atoms with Crippen LogP contribution < -0.4 is 0 Å². The van der Waals surface area contributed by atoms with E-state index < -0.39 is 0 Å². The fourth-order valence-electron chi connectivity index (χ4n) is 3.58. The fourth-order valence-corrected chi connectivity index (χ4v) is 3.58. The van der Waals surface area contributed by atoms with E-state index in [9.17, 15) is 4.79 Å². The summed E-state index contributed by atoms with van der Waals surface area (Å²) in [6.07, 6.45) is 7.42. The standard InChI is InChI=1S/C26H23NO2/c1-29-26(28)17-14-21-13-16-25-24(18-21)22(15-12-20-8-4-2-5-9-20)19-27(25)23-10-6-3-7-11-23/h2-11,13-14,16-19H,12,15H2,1H3/b17-14+. The molecule has 0 fully saturated rings. The third kappa shape index (κ3) is 4.30. The number of hydrogen-bond donors (Lipinski definition) is 0. The number of para-hydroxylation sites is 1. The Morgan fingerprint density at radius 3 is 2.38 bits per heavy atom. The first kappa shape index (κ1) is 18.8. The largest absolute Gasteiger partial charge is 0.466 e. The molecule has 4 aromatic rings. The number of aryl methyl sites for hydroxylation is 2. The molecule has 0 radical (unpaired) electrons. The quantitative estimate of drug-likeness (QED) is 0.321. The topological polar surface area (TPSA) is 31.2 Å². The van der Waals surface area contributed by atoms with Gasteiger partial charge in [0.05, 0.1) is 12.6 Å². The summed E-state index contributed by atoms with van der Waals surface area (Å²) in [5.74, 6) is -0.351. The van der Waals surface area contributed by atoms with Crippen LogP contribution in [0.5, 0.6) is 0 Å². The van der Waals surface area contributed by atoms with Crippen molar-refractivity contribution in [3.8, 4) is 5.69 Å². The summed E-state index contributed by atoms with van der Waals surface area (Å²) in [5, 5.41) is 1.21. The van der Waals surface area contributed by atoms with Gasteiger partial charge in [0.15, 0.2) is 0 Å². The zero-order chi connectivity index (χ0) is 20.1. The van der Waals surface area contributed by atoms with E-state index in [0.717, 1.165) is 29.6 Å². The molecule has 29 heavy (non-hydrogen) atoms. The molecule has 0 N–H and O–H groups in total. The number of benzene rings is 3. The van der Waals surface area contributed by atoms with Crippen LogP contribution in [0.1, 0.15) is 16.7 Å². The van der Waals surface area contributed by atoms with Gasteiger partial charge in [0.25, 0.3) is 0 Å². The van der Waals surface area contributed by atoms with Crippen LogP contribution in [0.15, 0.2) is 91.1 Å². The van der Waals surface area contributed by atoms with Gasteiger partial charge in [-0.3, -0.25) is 0 Å². The summed E-state index contributed by atoms with van der Waals surface area (Å²) in [6, 6.07) is 27.2. The lowest BCUT2D eigenvalue weighted by molar-refractivity contribution is -0.134. The highest BCUT2D eigenvalue weighted by Gasteiger charge is 2.11. The molecule has 4 rings (SSSR count). The first-order valence-corrected chi connectivity index (χ1v) is 9.74. The lowest BCUT2D eigenvalue weighted by Gasteiger charge is -2.05. The van der Waals surface area contributed by atoms with Crippen molar-refractivity contribution in [1.29, 1.82) is 0 Å². The molecule has 1 heterocycles. The van der Waals surface area contributed by atoms with E-state index in [-0.39, 0.29) is 5.97 Å². The average Bonchev–Trinajstić information content (AvgIpc) is 3.15. The second-order valence-corrected chi connectivity index (χ2v) is 6.98. The van der Waals surface area contributed by atoms with Crippen LogP contribution >= 0.6 is 0 Å². The van der Waals surface area contributed by atoms with Gasteiger partial charge in [-0.1, -0.05) is 54.6 Å². The number of carbonyl (C=O) groups is 1. The summed E-state index contributed by atoms with van der Waals surface area (Å²) in [4.78, 5) is 11.5. The monoisotopic (exact) mass is 381 g/mol. The van der Waals surface area contributed by atoms with Gasteiger partial charge in [0.1, 0.15) is 0 Å². The second-order valence-electron chi connectivity index (χ2n) is 6.98. The summed E-state index contributed by atoms with van der Waals surface area (Å²) in [7, 11) is 1.39. The third-order valence-corrected chi connectivity index (χ3v) is 5.08. The molecule has 3 aromatic carbocycles. The lowest BCUT2D eigenvalue weighted by Crippen LogP contribution is -1.93. The summed E-state index contributed by atoms with van der Waals surface area (Å²) in [6.45, 7) is 0. The molecule has 0 amide bonds. The first-order chi connectivity index (χ1) is 14.2. The minimum Gasteiger partial charge on any atom is -0.466 e. The Hall–Kier alpha value is -3.59. The van der Waals surface area contributed by atoms with Crippen molar-refractivity contribution in [2.75, 3.05) is 7.11 Å². The Morgan fingerprint density at radius 1 is 0.931 bits per heavy atom. The smallest absolute Gasteiger partial charge is 0.330 e. The highest BCUT2D eigenvalue weighted by atomic mass is 16.5. The van der Waals surface area contributed by atoms with Crippen LogP contribution in [-0.2, 0) is 22.4 Å². The fraction of sp³-hybridized carbons (Fsp3) is 0.115. The maximum absolute atomic E-state index is 11.5. The molecule has 0 spiro atoms. The molecule has 0 bridgehead atoms. The molecular weight excluding hydrogens is 358 g/mol. The molecule has 0 saturated heterocycles. The van der Waals surface area contributed by atoms with Gasteiger partial charge in [-0.05, 0) is 59.9 Å². The molecule has 3 nitrogen and oxygen atoms in total. The Bertz CT molecular complexity index is 1140. The van der Waals surface area contributed by atoms with Gasteiger partial charge in [-0.2, -0.15) is 0 Å². The highest BCUT2D eigenvalue weighted by Crippen LogP contribution is 2.27. The van der Waals surface area contributed by atoms with Crippen molar-refractivity contribution in [2.24, 2.45) is 0 Å². The molecule has 0 aliphatic heterocycles. The van der Waals surface area contributed by atoms with E-state index in [4.69, 9.17) is 4.74 Å². The zero-order valence-electron chi connectivity index (χ0n) is 16.4. The van der Waals surface area contributed by atoms with Crippen molar-refractivity contribution in [3.63, 3.8) is 0 Å². The van der Waals surface area contributed by atoms with E-state index in [1.807, 2.05) is 18.2 Å². The number of nitrogens with zero attached hydrogens (tertiary/aromatic N) is 1. The molecule has 1 aromatic heterocycles. The molecule has 0 aliphatic rings. The van der Waals surface area contributed by atoms with Crippen molar-refractivity contribution < 1.29 is 9.53 Å².